The van der Waals surface area contributed by atoms with Gasteiger partial charge in [0.1, 0.15) is 11.6 Å². The Kier molecular flexibility index (Phi) is 5.71. The average molecular weight is 365 g/mol. The first-order valence-corrected chi connectivity index (χ1v) is 8.57. The van der Waals surface area contributed by atoms with Gasteiger partial charge in [0.05, 0.1) is 18.4 Å². The summed E-state index contributed by atoms with van der Waals surface area (Å²) in [6, 6.07) is 18.9. The highest BCUT2D eigenvalue weighted by Crippen LogP contribution is 2.24. The minimum Gasteiger partial charge on any atom is -0.497 e. The maximum Gasteiger partial charge on any atom is 0.337 e. The smallest absolute Gasteiger partial charge is 0.337 e. The van der Waals surface area contributed by atoms with Gasteiger partial charge in [-0.25, -0.2) is 9.18 Å². The highest BCUT2D eigenvalue weighted by atomic mass is 19.1. The van der Waals surface area contributed by atoms with Gasteiger partial charge in [0, 0.05) is 5.69 Å². The zero-order chi connectivity index (χ0) is 19.2. The van der Waals surface area contributed by atoms with Crippen LogP contribution in [0.1, 0.15) is 21.5 Å². The molecule has 0 aliphatic carbocycles. The molecule has 138 valence electrons. The van der Waals surface area contributed by atoms with E-state index < -0.39 is 5.97 Å². The molecule has 3 aromatic carbocycles. The van der Waals surface area contributed by atoms with Crippen molar-refractivity contribution >= 4 is 17.3 Å². The van der Waals surface area contributed by atoms with Gasteiger partial charge in [0.25, 0.3) is 0 Å². The lowest BCUT2D eigenvalue weighted by Crippen LogP contribution is -2.04. The molecule has 0 aliphatic rings. The van der Waals surface area contributed by atoms with Gasteiger partial charge in [0.2, 0.25) is 0 Å². The molecule has 4 nitrogen and oxygen atoms in total. The Morgan fingerprint density at radius 2 is 1.59 bits per heavy atom. The van der Waals surface area contributed by atoms with Crippen molar-refractivity contribution < 1.29 is 19.0 Å². The van der Waals surface area contributed by atoms with Gasteiger partial charge in [-0.3, -0.25) is 0 Å². The van der Waals surface area contributed by atoms with Crippen LogP contribution < -0.4 is 10.1 Å². The third-order valence-electron chi connectivity index (χ3n) is 4.30. The van der Waals surface area contributed by atoms with Crippen LogP contribution in [0.2, 0.25) is 0 Å². The topological polar surface area (TPSA) is 58.6 Å². The van der Waals surface area contributed by atoms with Crippen LogP contribution in [0, 0.1) is 5.82 Å². The van der Waals surface area contributed by atoms with Crippen LogP contribution in [0.15, 0.2) is 66.7 Å². The van der Waals surface area contributed by atoms with Crippen LogP contribution in [-0.4, -0.2) is 18.2 Å². The molecular formula is C22H20FNO3. The van der Waals surface area contributed by atoms with E-state index in [1.165, 1.54) is 17.7 Å². The first kappa shape index (κ1) is 18.5. The maximum atomic E-state index is 13.1. The van der Waals surface area contributed by atoms with E-state index in [0.29, 0.717) is 11.4 Å². The van der Waals surface area contributed by atoms with E-state index in [0.717, 1.165) is 24.2 Å². The summed E-state index contributed by atoms with van der Waals surface area (Å²) in [6.07, 6.45) is 1.59. The van der Waals surface area contributed by atoms with E-state index in [-0.39, 0.29) is 11.4 Å². The number of nitrogens with one attached hydrogen (secondary N) is 1. The molecule has 0 unspecified atom stereocenters. The summed E-state index contributed by atoms with van der Waals surface area (Å²) in [7, 11) is 1.63. The number of aryl methyl sites for hydroxylation is 2. The lowest BCUT2D eigenvalue weighted by molar-refractivity contribution is 0.0698. The van der Waals surface area contributed by atoms with E-state index in [4.69, 9.17) is 4.74 Å². The second kappa shape index (κ2) is 8.36. The number of rotatable bonds is 7. The Balaban J connectivity index is 1.77. The van der Waals surface area contributed by atoms with Crippen LogP contribution in [0.5, 0.6) is 5.75 Å². The summed E-state index contributed by atoms with van der Waals surface area (Å²) < 4.78 is 18.2. The van der Waals surface area contributed by atoms with Crippen molar-refractivity contribution in [2.75, 3.05) is 12.4 Å². The van der Waals surface area contributed by atoms with Crippen molar-refractivity contribution in [1.29, 1.82) is 0 Å². The molecule has 0 saturated heterocycles. The summed E-state index contributed by atoms with van der Waals surface area (Å²) in [5.74, 6) is -0.538. The number of hydrogen-bond donors (Lipinski definition) is 2. The fourth-order valence-electron chi connectivity index (χ4n) is 2.81. The van der Waals surface area contributed by atoms with Gasteiger partial charge in [-0.2, -0.15) is 0 Å². The number of halogens is 1. The number of carboxylic acid groups (broad SMARTS) is 1. The first-order chi connectivity index (χ1) is 13.0. The molecular weight excluding hydrogens is 345 g/mol. The minimum atomic E-state index is -1.01. The molecule has 0 heterocycles. The predicted molar refractivity (Wildman–Crippen MR) is 103 cm³/mol. The fourth-order valence-corrected chi connectivity index (χ4v) is 2.81. The zero-order valence-corrected chi connectivity index (χ0v) is 14.9. The third-order valence-corrected chi connectivity index (χ3v) is 4.30. The van der Waals surface area contributed by atoms with E-state index in [9.17, 15) is 14.3 Å². The molecule has 3 aromatic rings. The van der Waals surface area contributed by atoms with Crippen molar-refractivity contribution in [3.8, 4) is 5.75 Å². The van der Waals surface area contributed by atoms with Crippen LogP contribution in [0.3, 0.4) is 0 Å². The number of carboxylic acids is 1. The summed E-state index contributed by atoms with van der Waals surface area (Å²) in [6.45, 7) is 0. The Labute approximate surface area is 157 Å². The molecule has 2 N–H and O–H groups in total. The second-order valence-electron chi connectivity index (χ2n) is 6.17. The lowest BCUT2D eigenvalue weighted by atomic mass is 10.0. The number of carbonyl (C=O) groups is 1. The highest BCUT2D eigenvalue weighted by molar-refractivity contribution is 5.95. The third kappa shape index (κ3) is 4.85. The van der Waals surface area contributed by atoms with Crippen LogP contribution in [-0.2, 0) is 12.8 Å². The predicted octanol–water partition coefficient (Wildman–Crippen LogP) is 5.06. The van der Waals surface area contributed by atoms with Crippen LogP contribution in [0.4, 0.5) is 15.8 Å². The molecule has 0 saturated carbocycles. The quantitative estimate of drug-likeness (QED) is 0.614. The SMILES string of the molecule is COc1ccc(CCc2ccc(C(=O)O)c(Nc3ccc(F)cc3)c2)cc1. The largest absolute Gasteiger partial charge is 0.497 e. The van der Waals surface area contributed by atoms with E-state index in [1.807, 2.05) is 36.4 Å². The van der Waals surface area contributed by atoms with Gasteiger partial charge in [-0.05, 0) is 72.5 Å². The van der Waals surface area contributed by atoms with Crippen molar-refractivity contribution in [1.82, 2.24) is 0 Å². The molecule has 0 atom stereocenters. The van der Waals surface area contributed by atoms with Crippen LogP contribution in [0.25, 0.3) is 0 Å². The average Bonchev–Trinajstić information content (AvgIpc) is 2.68. The Morgan fingerprint density at radius 3 is 2.22 bits per heavy atom. The van der Waals surface area contributed by atoms with Gasteiger partial charge in [-0.1, -0.05) is 18.2 Å². The van der Waals surface area contributed by atoms with Crippen molar-refractivity contribution in [3.05, 3.63) is 89.2 Å². The van der Waals surface area contributed by atoms with E-state index in [2.05, 4.69) is 5.32 Å². The molecule has 3 rings (SSSR count). The molecule has 0 radical (unpaired) electrons. The second-order valence-corrected chi connectivity index (χ2v) is 6.17. The number of benzene rings is 3. The maximum absolute atomic E-state index is 13.1. The zero-order valence-electron chi connectivity index (χ0n) is 14.9. The highest BCUT2D eigenvalue weighted by Gasteiger charge is 2.11. The number of methoxy groups -OCH3 is 1. The van der Waals surface area contributed by atoms with Gasteiger partial charge >= 0.3 is 5.97 Å². The molecule has 0 bridgehead atoms. The van der Waals surface area contributed by atoms with Gasteiger partial charge < -0.3 is 15.2 Å². The summed E-state index contributed by atoms with van der Waals surface area (Å²) in [5.41, 5.74) is 3.48. The summed E-state index contributed by atoms with van der Waals surface area (Å²) in [5, 5.41) is 12.5. The number of aromatic carboxylic acids is 1. The number of hydrogen-bond acceptors (Lipinski definition) is 3. The minimum absolute atomic E-state index is 0.174. The van der Waals surface area contributed by atoms with E-state index in [1.54, 1.807) is 25.3 Å². The molecule has 0 fully saturated rings. The molecule has 0 spiro atoms. The van der Waals surface area contributed by atoms with Crippen molar-refractivity contribution in [2.24, 2.45) is 0 Å². The van der Waals surface area contributed by atoms with Gasteiger partial charge in [-0.15, -0.1) is 0 Å². The van der Waals surface area contributed by atoms with Crippen molar-refractivity contribution in [3.63, 3.8) is 0 Å². The molecule has 5 heteroatoms. The molecule has 0 amide bonds. The number of ether oxygens (including phenoxy) is 1. The molecule has 0 aromatic heterocycles. The summed E-state index contributed by atoms with van der Waals surface area (Å²) in [4.78, 5) is 11.5. The van der Waals surface area contributed by atoms with Gasteiger partial charge in [0.15, 0.2) is 0 Å². The Bertz CT molecular complexity index is 921. The fraction of sp³-hybridized carbons (Fsp3) is 0.136. The molecule has 27 heavy (non-hydrogen) atoms. The van der Waals surface area contributed by atoms with Crippen molar-refractivity contribution in [2.45, 2.75) is 12.8 Å². The molecule has 0 aliphatic heterocycles. The normalized spacial score (nSPS) is 10.4. The van der Waals surface area contributed by atoms with E-state index >= 15 is 0 Å². The first-order valence-electron chi connectivity index (χ1n) is 8.57. The number of anilines is 2. The monoisotopic (exact) mass is 365 g/mol. The lowest BCUT2D eigenvalue weighted by Gasteiger charge is -2.12. The van der Waals surface area contributed by atoms with Crippen LogP contribution >= 0.6 is 0 Å². The standard InChI is InChI=1S/C22H20FNO3/c1-27-19-11-4-15(5-12-19)2-3-16-6-13-20(22(25)26)21(14-16)24-18-9-7-17(23)8-10-18/h4-14,24H,2-3H2,1H3,(H,25,26). The summed E-state index contributed by atoms with van der Waals surface area (Å²) >= 11 is 0. The Hall–Kier alpha value is -3.34. The Morgan fingerprint density at radius 1 is 0.963 bits per heavy atom.